The Morgan fingerprint density at radius 1 is 1.04 bits per heavy atom. The van der Waals surface area contributed by atoms with Gasteiger partial charge in [-0.2, -0.15) is 0 Å². The molecule has 0 aromatic heterocycles. The molecule has 1 aliphatic heterocycles. The topological polar surface area (TPSA) is 83.1 Å². The van der Waals surface area contributed by atoms with Gasteiger partial charge in [-0.1, -0.05) is 6.07 Å². The second-order valence-electron chi connectivity index (χ2n) is 5.53. The lowest BCUT2D eigenvalue weighted by atomic mass is 10.2. The van der Waals surface area contributed by atoms with E-state index in [9.17, 15) is 8.42 Å². The van der Waals surface area contributed by atoms with Crippen LogP contribution in [0.25, 0.3) is 0 Å². The highest BCUT2D eigenvalue weighted by molar-refractivity contribution is 7.89. The maximum Gasteiger partial charge on any atom is 0.240 e. The van der Waals surface area contributed by atoms with Gasteiger partial charge in [0.15, 0.2) is 11.5 Å². The number of fused-ring (bicyclic) bond motifs is 1. The molecule has 0 bridgehead atoms. The summed E-state index contributed by atoms with van der Waals surface area (Å²) in [6, 6.07) is 11.6. The first-order chi connectivity index (χ1) is 12.6. The molecule has 0 radical (unpaired) electrons. The lowest BCUT2D eigenvalue weighted by molar-refractivity contribution is 0.110. The number of nitrogens with one attached hydrogen (secondary N) is 1. The summed E-state index contributed by atoms with van der Waals surface area (Å²) in [7, 11) is -3.62. The van der Waals surface area contributed by atoms with E-state index in [1.807, 2.05) is 6.92 Å². The molecule has 0 spiro atoms. The van der Waals surface area contributed by atoms with Crippen LogP contribution in [0, 0.1) is 0 Å². The Bertz CT molecular complexity index is 835. The molecule has 2 aromatic carbocycles. The maximum atomic E-state index is 12.4. The van der Waals surface area contributed by atoms with Crippen molar-refractivity contribution in [2.75, 3.05) is 26.6 Å². The summed E-state index contributed by atoms with van der Waals surface area (Å²) in [5, 5.41) is 0. The van der Waals surface area contributed by atoms with E-state index in [-0.39, 0.29) is 18.2 Å². The van der Waals surface area contributed by atoms with Gasteiger partial charge in [0.25, 0.3) is 0 Å². The van der Waals surface area contributed by atoms with Crippen LogP contribution in [0.2, 0.25) is 0 Å². The molecular formula is C18H21NO6S. The molecule has 0 unspecified atom stereocenters. The molecule has 0 saturated heterocycles. The minimum absolute atomic E-state index is 0.158. The molecule has 1 heterocycles. The smallest absolute Gasteiger partial charge is 0.240 e. The van der Waals surface area contributed by atoms with E-state index in [4.69, 9.17) is 18.9 Å². The average Bonchev–Trinajstić information content (AvgIpc) is 3.12. The van der Waals surface area contributed by atoms with Crippen LogP contribution < -0.4 is 18.9 Å². The van der Waals surface area contributed by atoms with E-state index in [0.29, 0.717) is 37.1 Å². The monoisotopic (exact) mass is 379 g/mol. The Hall–Kier alpha value is -2.29. The van der Waals surface area contributed by atoms with Crippen molar-refractivity contribution in [2.45, 2.75) is 18.4 Å². The third-order valence-electron chi connectivity index (χ3n) is 3.74. The Labute approximate surface area is 152 Å². The fraction of sp³-hybridized carbons (Fsp3) is 0.333. The van der Waals surface area contributed by atoms with Gasteiger partial charge in [0, 0.05) is 13.2 Å². The highest BCUT2D eigenvalue weighted by atomic mass is 32.2. The summed E-state index contributed by atoms with van der Waals surface area (Å²) >= 11 is 0. The largest absolute Gasteiger partial charge is 0.491 e. The summed E-state index contributed by atoms with van der Waals surface area (Å²) in [4.78, 5) is 0.176. The standard InChI is InChI=1S/C18H21NO6S/c1-2-22-9-10-23-15-4-6-16(7-5-15)26(20,21)19-12-14-3-8-17-18(11-14)25-13-24-17/h3-8,11,19H,2,9-10,12-13H2,1H3. The summed E-state index contributed by atoms with van der Waals surface area (Å²) < 4.78 is 48.6. The van der Waals surface area contributed by atoms with Crippen molar-refractivity contribution in [3.05, 3.63) is 48.0 Å². The van der Waals surface area contributed by atoms with E-state index in [0.717, 1.165) is 5.56 Å². The Balaban J connectivity index is 1.57. The van der Waals surface area contributed by atoms with Gasteiger partial charge in [-0.15, -0.1) is 0 Å². The zero-order valence-corrected chi connectivity index (χ0v) is 15.3. The van der Waals surface area contributed by atoms with Gasteiger partial charge in [-0.05, 0) is 48.9 Å². The van der Waals surface area contributed by atoms with Gasteiger partial charge in [0.2, 0.25) is 16.8 Å². The fourth-order valence-electron chi connectivity index (χ4n) is 2.39. The summed E-state index contributed by atoms with van der Waals surface area (Å²) in [5.74, 6) is 1.88. The quantitative estimate of drug-likeness (QED) is 0.673. The third kappa shape index (κ3) is 4.66. The lowest BCUT2D eigenvalue weighted by Gasteiger charge is -2.09. The maximum absolute atomic E-state index is 12.4. The third-order valence-corrected chi connectivity index (χ3v) is 5.15. The number of hydrogen-bond donors (Lipinski definition) is 1. The van der Waals surface area contributed by atoms with Gasteiger partial charge in [0.1, 0.15) is 12.4 Å². The summed E-state index contributed by atoms with van der Waals surface area (Å²) in [5.41, 5.74) is 0.786. The highest BCUT2D eigenvalue weighted by Gasteiger charge is 2.16. The SMILES string of the molecule is CCOCCOc1ccc(S(=O)(=O)NCc2ccc3c(c2)OCO3)cc1. The summed E-state index contributed by atoms with van der Waals surface area (Å²) in [6.07, 6.45) is 0. The molecule has 0 atom stereocenters. The van der Waals surface area contributed by atoms with Crippen LogP contribution in [-0.4, -0.2) is 35.0 Å². The number of sulfonamides is 1. The normalized spacial score (nSPS) is 13.0. The van der Waals surface area contributed by atoms with Gasteiger partial charge in [0.05, 0.1) is 11.5 Å². The molecule has 0 saturated carbocycles. The van der Waals surface area contributed by atoms with Crippen LogP contribution >= 0.6 is 0 Å². The molecule has 0 fully saturated rings. The first kappa shape index (κ1) is 18.5. The van der Waals surface area contributed by atoms with Crippen molar-refractivity contribution >= 4 is 10.0 Å². The van der Waals surface area contributed by atoms with Gasteiger partial charge >= 0.3 is 0 Å². The molecule has 1 N–H and O–H groups in total. The number of hydrogen-bond acceptors (Lipinski definition) is 6. The molecule has 0 amide bonds. The van der Waals surface area contributed by atoms with Crippen molar-refractivity contribution < 1.29 is 27.4 Å². The molecule has 8 heteroatoms. The molecule has 3 rings (SSSR count). The van der Waals surface area contributed by atoms with E-state index in [2.05, 4.69) is 4.72 Å². The van der Waals surface area contributed by atoms with Crippen LogP contribution in [0.3, 0.4) is 0 Å². The summed E-state index contributed by atoms with van der Waals surface area (Å²) in [6.45, 7) is 3.80. The van der Waals surface area contributed by atoms with Gasteiger partial charge in [-0.25, -0.2) is 13.1 Å². The van der Waals surface area contributed by atoms with E-state index in [1.165, 1.54) is 12.1 Å². The minimum Gasteiger partial charge on any atom is -0.491 e. The molecule has 7 nitrogen and oxygen atoms in total. The lowest BCUT2D eigenvalue weighted by Crippen LogP contribution is -2.23. The molecular weight excluding hydrogens is 358 g/mol. The van der Waals surface area contributed by atoms with Crippen LogP contribution in [0.5, 0.6) is 17.2 Å². The van der Waals surface area contributed by atoms with Gasteiger partial charge in [-0.3, -0.25) is 0 Å². The molecule has 140 valence electrons. The van der Waals surface area contributed by atoms with Crippen molar-refractivity contribution in [2.24, 2.45) is 0 Å². The van der Waals surface area contributed by atoms with Crippen LogP contribution in [0.15, 0.2) is 47.4 Å². The molecule has 2 aromatic rings. The Kier molecular flexibility index (Phi) is 5.97. The molecule has 0 aliphatic carbocycles. The second kappa shape index (κ2) is 8.39. The molecule has 1 aliphatic rings. The Morgan fingerprint density at radius 3 is 2.58 bits per heavy atom. The predicted molar refractivity (Wildman–Crippen MR) is 95.0 cm³/mol. The number of rotatable bonds is 9. The zero-order valence-electron chi connectivity index (χ0n) is 14.4. The van der Waals surface area contributed by atoms with Crippen molar-refractivity contribution in [1.82, 2.24) is 4.72 Å². The second-order valence-corrected chi connectivity index (χ2v) is 7.30. The first-order valence-corrected chi connectivity index (χ1v) is 9.75. The number of benzene rings is 2. The van der Waals surface area contributed by atoms with E-state index >= 15 is 0 Å². The van der Waals surface area contributed by atoms with E-state index in [1.54, 1.807) is 30.3 Å². The minimum atomic E-state index is -3.62. The fourth-order valence-corrected chi connectivity index (χ4v) is 3.41. The van der Waals surface area contributed by atoms with Crippen LogP contribution in [-0.2, 0) is 21.3 Å². The van der Waals surface area contributed by atoms with Crippen molar-refractivity contribution in [3.63, 3.8) is 0 Å². The highest BCUT2D eigenvalue weighted by Crippen LogP contribution is 2.32. The number of ether oxygens (including phenoxy) is 4. The predicted octanol–water partition coefficient (Wildman–Crippen LogP) is 2.31. The average molecular weight is 379 g/mol. The van der Waals surface area contributed by atoms with E-state index < -0.39 is 10.0 Å². The first-order valence-electron chi connectivity index (χ1n) is 8.27. The van der Waals surface area contributed by atoms with Gasteiger partial charge < -0.3 is 18.9 Å². The van der Waals surface area contributed by atoms with Crippen LogP contribution in [0.4, 0.5) is 0 Å². The molecule has 26 heavy (non-hydrogen) atoms. The van der Waals surface area contributed by atoms with Crippen molar-refractivity contribution in [1.29, 1.82) is 0 Å². The zero-order chi connectivity index (χ0) is 18.4. The van der Waals surface area contributed by atoms with Crippen molar-refractivity contribution in [3.8, 4) is 17.2 Å². The Morgan fingerprint density at radius 2 is 1.81 bits per heavy atom. The van der Waals surface area contributed by atoms with Crippen LogP contribution in [0.1, 0.15) is 12.5 Å².